The van der Waals surface area contributed by atoms with Crippen molar-refractivity contribution >= 4 is 11.1 Å². The number of rotatable bonds is 4. The molecule has 4 atom stereocenters. The summed E-state index contributed by atoms with van der Waals surface area (Å²) in [6.07, 6.45) is 3.58. The minimum atomic E-state index is -1.37. The topological polar surface area (TPSA) is 26.3 Å². The maximum atomic E-state index is 12.6. The lowest BCUT2D eigenvalue weighted by molar-refractivity contribution is 0.0567. The van der Waals surface area contributed by atoms with Crippen molar-refractivity contribution in [1.82, 2.24) is 0 Å². The second kappa shape index (κ2) is 7.48. The highest BCUT2D eigenvalue weighted by atomic mass is 32.2. The summed E-state index contributed by atoms with van der Waals surface area (Å²) < 4.78 is 18.7. The molecule has 0 radical (unpaired) electrons. The van der Waals surface area contributed by atoms with Crippen LogP contribution in [0.4, 0.5) is 0 Å². The highest BCUT2D eigenvalue weighted by molar-refractivity contribution is 7.80. The molecule has 3 heteroatoms. The van der Waals surface area contributed by atoms with Crippen molar-refractivity contribution in [1.29, 1.82) is 0 Å². The average Bonchev–Trinajstić information content (AvgIpc) is 2.46. The summed E-state index contributed by atoms with van der Waals surface area (Å²) in [6.45, 7) is 13.3. The minimum Gasteiger partial charge on any atom is -0.283 e. The third-order valence-electron chi connectivity index (χ3n) is 5.09. The van der Waals surface area contributed by atoms with Gasteiger partial charge in [-0.3, -0.25) is 4.18 Å². The first kappa shape index (κ1) is 18.7. The molecule has 0 bridgehead atoms. The molecule has 0 spiro atoms. The molecule has 1 aliphatic carbocycles. The highest BCUT2D eigenvalue weighted by Gasteiger charge is 2.33. The SMILES string of the molecule is CC(C)[C@H]1CC[C@H](C)C[C@@H]1O[S@@](=O)c1ccc(C(C)(C)C)cc1. The zero-order valence-electron chi connectivity index (χ0n) is 15.5. The molecule has 0 saturated heterocycles. The summed E-state index contributed by atoms with van der Waals surface area (Å²) in [7, 11) is 0. The second-order valence-electron chi connectivity index (χ2n) is 8.47. The van der Waals surface area contributed by atoms with E-state index in [0.717, 1.165) is 11.3 Å². The molecule has 1 saturated carbocycles. The number of hydrogen-bond acceptors (Lipinski definition) is 2. The van der Waals surface area contributed by atoms with E-state index in [4.69, 9.17) is 4.18 Å². The molecule has 0 amide bonds. The highest BCUT2D eigenvalue weighted by Crippen LogP contribution is 2.36. The van der Waals surface area contributed by atoms with Gasteiger partial charge in [-0.2, -0.15) is 0 Å². The van der Waals surface area contributed by atoms with E-state index < -0.39 is 11.1 Å². The Morgan fingerprint density at radius 2 is 1.74 bits per heavy atom. The Kier molecular flexibility index (Phi) is 6.07. The van der Waals surface area contributed by atoms with Crippen LogP contribution in [0.15, 0.2) is 29.2 Å². The monoisotopic (exact) mass is 336 g/mol. The molecular weight excluding hydrogens is 304 g/mol. The smallest absolute Gasteiger partial charge is 0.189 e. The van der Waals surface area contributed by atoms with Gasteiger partial charge in [0.05, 0.1) is 11.0 Å². The molecule has 2 rings (SSSR count). The van der Waals surface area contributed by atoms with Crippen LogP contribution in [0.5, 0.6) is 0 Å². The van der Waals surface area contributed by atoms with Gasteiger partial charge in [-0.15, -0.1) is 0 Å². The Hall–Kier alpha value is -0.670. The first-order chi connectivity index (χ1) is 10.7. The van der Waals surface area contributed by atoms with Gasteiger partial charge in [0.1, 0.15) is 0 Å². The van der Waals surface area contributed by atoms with Crippen LogP contribution in [0, 0.1) is 17.8 Å². The van der Waals surface area contributed by atoms with Crippen LogP contribution in [0.3, 0.4) is 0 Å². The van der Waals surface area contributed by atoms with Crippen molar-refractivity contribution in [2.24, 2.45) is 17.8 Å². The Labute approximate surface area is 144 Å². The molecule has 0 heterocycles. The quantitative estimate of drug-likeness (QED) is 0.727. The van der Waals surface area contributed by atoms with E-state index in [1.807, 2.05) is 12.1 Å². The van der Waals surface area contributed by atoms with Crippen LogP contribution in [-0.4, -0.2) is 10.3 Å². The molecule has 1 aromatic carbocycles. The molecule has 0 N–H and O–H groups in total. The van der Waals surface area contributed by atoms with Crippen LogP contribution in [-0.2, 0) is 20.7 Å². The van der Waals surface area contributed by atoms with Gasteiger partial charge < -0.3 is 0 Å². The Morgan fingerprint density at radius 3 is 2.26 bits per heavy atom. The van der Waals surface area contributed by atoms with E-state index in [9.17, 15) is 4.21 Å². The van der Waals surface area contributed by atoms with E-state index in [0.29, 0.717) is 17.8 Å². The average molecular weight is 337 g/mol. The molecular formula is C20H32O2S. The van der Waals surface area contributed by atoms with Gasteiger partial charge in [0.25, 0.3) is 0 Å². The van der Waals surface area contributed by atoms with Gasteiger partial charge in [-0.05, 0) is 53.7 Å². The summed E-state index contributed by atoms with van der Waals surface area (Å²) in [5, 5.41) is 0. The van der Waals surface area contributed by atoms with Crippen LogP contribution in [0.2, 0.25) is 0 Å². The summed E-state index contributed by atoms with van der Waals surface area (Å²) in [5.41, 5.74) is 1.37. The van der Waals surface area contributed by atoms with Crippen molar-refractivity contribution in [2.45, 2.75) is 77.2 Å². The van der Waals surface area contributed by atoms with Crippen molar-refractivity contribution in [3.05, 3.63) is 29.8 Å². The standard InChI is InChI=1S/C20H32O2S/c1-14(2)18-12-7-15(3)13-19(18)22-23(21)17-10-8-16(9-11-17)20(4,5)6/h8-11,14-15,18-19H,7,12-13H2,1-6H3/t15-,18+,19-,23+/m0/s1. The van der Waals surface area contributed by atoms with E-state index >= 15 is 0 Å². The van der Waals surface area contributed by atoms with Gasteiger partial charge in [-0.1, -0.05) is 60.1 Å². The molecule has 130 valence electrons. The van der Waals surface area contributed by atoms with Gasteiger partial charge in [-0.25, -0.2) is 4.21 Å². The molecule has 1 aliphatic rings. The Morgan fingerprint density at radius 1 is 1.13 bits per heavy atom. The van der Waals surface area contributed by atoms with Gasteiger partial charge in [0.2, 0.25) is 0 Å². The lowest BCUT2D eigenvalue weighted by Crippen LogP contribution is -2.34. The maximum Gasteiger partial charge on any atom is 0.189 e. The first-order valence-electron chi connectivity index (χ1n) is 8.88. The third-order valence-corrected chi connectivity index (χ3v) is 6.16. The number of benzene rings is 1. The van der Waals surface area contributed by atoms with Crippen molar-refractivity contribution in [2.75, 3.05) is 0 Å². The molecule has 0 aromatic heterocycles. The van der Waals surface area contributed by atoms with Gasteiger partial charge >= 0.3 is 0 Å². The molecule has 0 aliphatic heterocycles. The Balaban J connectivity index is 2.08. The summed E-state index contributed by atoms with van der Waals surface area (Å²) in [6, 6.07) is 8.04. The van der Waals surface area contributed by atoms with Crippen LogP contribution < -0.4 is 0 Å². The van der Waals surface area contributed by atoms with Gasteiger partial charge in [0, 0.05) is 0 Å². The molecule has 0 unspecified atom stereocenters. The van der Waals surface area contributed by atoms with Gasteiger partial charge in [0.15, 0.2) is 11.1 Å². The third kappa shape index (κ3) is 4.90. The maximum absolute atomic E-state index is 12.6. The molecule has 23 heavy (non-hydrogen) atoms. The van der Waals surface area contributed by atoms with Crippen molar-refractivity contribution < 1.29 is 8.39 Å². The van der Waals surface area contributed by atoms with Crippen LogP contribution >= 0.6 is 0 Å². The lowest BCUT2D eigenvalue weighted by Gasteiger charge is -2.36. The van der Waals surface area contributed by atoms with E-state index in [1.165, 1.54) is 18.4 Å². The van der Waals surface area contributed by atoms with Crippen molar-refractivity contribution in [3.63, 3.8) is 0 Å². The fraction of sp³-hybridized carbons (Fsp3) is 0.700. The fourth-order valence-corrected chi connectivity index (χ4v) is 4.37. The van der Waals surface area contributed by atoms with Crippen LogP contribution in [0.25, 0.3) is 0 Å². The van der Waals surface area contributed by atoms with E-state index in [1.54, 1.807) is 0 Å². The van der Waals surface area contributed by atoms with E-state index in [2.05, 4.69) is 53.7 Å². The minimum absolute atomic E-state index is 0.113. The van der Waals surface area contributed by atoms with E-state index in [-0.39, 0.29) is 11.5 Å². The molecule has 1 aromatic rings. The predicted octanol–water partition coefficient (Wildman–Crippen LogP) is 5.48. The zero-order valence-corrected chi connectivity index (χ0v) is 16.3. The zero-order chi connectivity index (χ0) is 17.2. The Bertz CT molecular complexity index is 528. The first-order valence-corrected chi connectivity index (χ1v) is 9.95. The molecule has 1 fully saturated rings. The van der Waals surface area contributed by atoms with Crippen molar-refractivity contribution in [3.8, 4) is 0 Å². The number of hydrogen-bond donors (Lipinski definition) is 0. The molecule has 2 nitrogen and oxygen atoms in total. The summed E-state index contributed by atoms with van der Waals surface area (Å²) >= 11 is -1.37. The van der Waals surface area contributed by atoms with Crippen LogP contribution in [0.1, 0.15) is 66.4 Å². The largest absolute Gasteiger partial charge is 0.283 e. The lowest BCUT2D eigenvalue weighted by atomic mass is 9.75. The second-order valence-corrected chi connectivity index (χ2v) is 9.60. The summed E-state index contributed by atoms with van der Waals surface area (Å²) in [5.74, 6) is 1.76. The normalized spacial score (nSPS) is 27.2. The predicted molar refractivity (Wildman–Crippen MR) is 97.8 cm³/mol. The summed E-state index contributed by atoms with van der Waals surface area (Å²) in [4.78, 5) is 0.777. The fourth-order valence-electron chi connectivity index (χ4n) is 3.46.